The van der Waals surface area contributed by atoms with E-state index in [2.05, 4.69) is 57.7 Å². The fourth-order valence-electron chi connectivity index (χ4n) is 3.49. The fraction of sp³-hybridized carbons (Fsp3) is 0.111. The molecule has 260 valence electrons. The first kappa shape index (κ1) is 42.8. The molecule has 6 rings (SSSR count). The molecular weight excluding hydrogens is 925 g/mol. The van der Waals surface area contributed by atoms with Gasteiger partial charge in [0.05, 0.1) is 78.1 Å². The van der Waals surface area contributed by atoms with Crippen LogP contribution in [0.4, 0.5) is 0 Å². The Balaban J connectivity index is 0.000000262. The number of rotatable bonds is 8. The topological polar surface area (TPSA) is 176 Å². The smallest absolute Gasteiger partial charge is 1.00 e. The van der Waals surface area contributed by atoms with Gasteiger partial charge in [0.2, 0.25) is 0 Å². The maximum Gasteiger partial charge on any atom is 1.00 e. The van der Waals surface area contributed by atoms with Gasteiger partial charge in [-0.25, -0.2) is 18.2 Å². The Bertz CT molecular complexity index is 2070. The van der Waals surface area contributed by atoms with Crippen molar-refractivity contribution >= 4 is 103 Å². The van der Waals surface area contributed by atoms with Crippen molar-refractivity contribution in [3.63, 3.8) is 0 Å². The van der Waals surface area contributed by atoms with E-state index in [0.29, 0.717) is 41.5 Å². The van der Waals surface area contributed by atoms with Gasteiger partial charge in [0.15, 0.2) is 0 Å². The molecule has 0 bridgehead atoms. The van der Waals surface area contributed by atoms with Gasteiger partial charge in [-0.05, 0) is 54.6 Å². The summed E-state index contributed by atoms with van der Waals surface area (Å²) < 4.78 is 38.8. The number of hydrogen-bond donors (Lipinski definition) is 2. The van der Waals surface area contributed by atoms with Crippen LogP contribution in [0.1, 0.15) is 18.5 Å². The van der Waals surface area contributed by atoms with Gasteiger partial charge in [-0.2, -0.15) is 8.42 Å². The first-order chi connectivity index (χ1) is 23.3. The first-order valence-electron chi connectivity index (χ1n) is 13.1. The van der Waals surface area contributed by atoms with Gasteiger partial charge in [-0.3, -0.25) is 4.55 Å². The van der Waals surface area contributed by atoms with Crippen molar-refractivity contribution in [1.82, 2.24) is 45.0 Å². The minimum Gasteiger partial charge on any atom is -1.00 e. The molecule has 0 amide bonds. The predicted molar refractivity (Wildman–Crippen MR) is 195 cm³/mol. The molecule has 0 unspecified atom stereocenters. The van der Waals surface area contributed by atoms with E-state index in [9.17, 15) is 8.42 Å². The number of aromatic nitrogens is 9. The number of aliphatic hydroxyl groups excluding tert-OH is 1. The molecule has 0 spiro atoms. The van der Waals surface area contributed by atoms with Crippen LogP contribution in [0.3, 0.4) is 0 Å². The number of alkyl halides is 1. The Hall–Kier alpha value is -1.62. The average Bonchev–Trinajstić information content (AvgIpc) is 3.86. The molecule has 3 aromatic heterocycles. The SMILES string of the molecule is Clc1ccc(-n2cc(CI)nn2)cc1Cl.O=S(=O)(O)OCc1cn(-c2ccc(Cl)c(Cl)c2)nn1.OCc1cn(-c2ccc(Cl)c(Cl)c2)nn1.[H-].[Na+]. The Labute approximate surface area is 352 Å². The van der Waals surface area contributed by atoms with Gasteiger partial charge in [0.1, 0.15) is 18.0 Å². The van der Waals surface area contributed by atoms with E-state index >= 15 is 0 Å². The second-order valence-corrected chi connectivity index (χ2v) is 13.5. The van der Waals surface area contributed by atoms with Crippen LogP contribution in [0.5, 0.6) is 0 Å². The van der Waals surface area contributed by atoms with Crippen LogP contribution in [0.2, 0.25) is 30.1 Å². The third kappa shape index (κ3) is 12.8. The maximum absolute atomic E-state index is 10.4. The van der Waals surface area contributed by atoms with Gasteiger partial charge in [-0.1, -0.05) is 108 Å². The molecule has 3 aromatic carbocycles. The van der Waals surface area contributed by atoms with Crippen LogP contribution in [-0.4, -0.2) is 63.1 Å². The summed E-state index contributed by atoms with van der Waals surface area (Å²) >= 11 is 37.3. The van der Waals surface area contributed by atoms with Gasteiger partial charge in [-0.15, -0.1) is 15.3 Å². The van der Waals surface area contributed by atoms with Crippen LogP contribution >= 0.6 is 92.2 Å². The van der Waals surface area contributed by atoms with Crippen LogP contribution in [0, 0.1) is 0 Å². The van der Waals surface area contributed by atoms with E-state index in [4.69, 9.17) is 79.3 Å². The molecule has 14 nitrogen and oxygen atoms in total. The first-order valence-corrected chi connectivity index (χ1v) is 18.3. The molecule has 6 aromatic rings. The molecule has 0 aliphatic heterocycles. The molecule has 23 heteroatoms. The number of halogens is 7. The zero-order chi connectivity index (χ0) is 35.7. The summed E-state index contributed by atoms with van der Waals surface area (Å²) in [5, 5.41) is 34.6. The summed E-state index contributed by atoms with van der Waals surface area (Å²) in [6, 6.07) is 15.3. The van der Waals surface area contributed by atoms with Crippen LogP contribution < -0.4 is 29.6 Å². The molecule has 0 aliphatic carbocycles. The number of nitrogens with zero attached hydrogens (tertiary/aromatic N) is 9. The van der Waals surface area contributed by atoms with Crippen LogP contribution in [0.25, 0.3) is 17.1 Å². The zero-order valence-corrected chi connectivity index (χ0v) is 34.8. The molecule has 0 saturated carbocycles. The normalized spacial score (nSPS) is 10.8. The number of benzene rings is 3. The maximum atomic E-state index is 10.4. The van der Waals surface area contributed by atoms with E-state index in [-0.39, 0.29) is 43.3 Å². The Morgan fingerprint density at radius 3 is 1.32 bits per heavy atom. The van der Waals surface area contributed by atoms with Crippen molar-refractivity contribution in [1.29, 1.82) is 0 Å². The molecular formula is C27H21Cl6IN9NaO5S. The van der Waals surface area contributed by atoms with Gasteiger partial charge < -0.3 is 6.53 Å². The van der Waals surface area contributed by atoms with Crippen LogP contribution in [0.15, 0.2) is 73.2 Å². The Morgan fingerprint density at radius 2 is 1.00 bits per heavy atom. The molecule has 0 atom stereocenters. The van der Waals surface area contributed by atoms with E-state index < -0.39 is 17.0 Å². The Kier molecular flexibility index (Phi) is 17.1. The quantitative estimate of drug-likeness (QED) is 0.0946. The molecule has 0 aliphatic rings. The second-order valence-electron chi connectivity index (χ2n) is 9.24. The van der Waals surface area contributed by atoms with Gasteiger partial charge >= 0.3 is 40.0 Å². The van der Waals surface area contributed by atoms with Crippen molar-refractivity contribution in [2.75, 3.05) is 0 Å². The zero-order valence-electron chi connectivity index (χ0n) is 26.2. The molecule has 0 fully saturated rings. The van der Waals surface area contributed by atoms with Crippen molar-refractivity contribution in [3.05, 3.63) is 120 Å². The molecule has 0 radical (unpaired) electrons. The molecule has 3 heterocycles. The van der Waals surface area contributed by atoms with Crippen molar-refractivity contribution < 1.29 is 53.2 Å². The summed E-state index contributed by atoms with van der Waals surface area (Å²) in [5.41, 5.74) is 3.86. The third-order valence-corrected chi connectivity index (χ3v) is 9.19. The predicted octanol–water partition coefficient (Wildman–Crippen LogP) is 4.59. The van der Waals surface area contributed by atoms with E-state index in [1.165, 1.54) is 15.6 Å². The van der Waals surface area contributed by atoms with Gasteiger partial charge in [0, 0.05) is 4.43 Å². The van der Waals surface area contributed by atoms with Crippen molar-refractivity contribution in [3.8, 4) is 17.1 Å². The second kappa shape index (κ2) is 20.0. The molecule has 0 saturated heterocycles. The van der Waals surface area contributed by atoms with Gasteiger partial charge in [0.25, 0.3) is 0 Å². The number of aliphatic hydroxyl groups is 1. The van der Waals surface area contributed by atoms with Crippen LogP contribution in [-0.2, 0) is 32.2 Å². The molecule has 2 N–H and O–H groups in total. The summed E-state index contributed by atoms with van der Waals surface area (Å²) in [5.74, 6) is 0. The van der Waals surface area contributed by atoms with E-state index in [1.54, 1.807) is 59.4 Å². The summed E-state index contributed by atoms with van der Waals surface area (Å²) in [6.07, 6.45) is 4.93. The van der Waals surface area contributed by atoms with Crippen molar-refractivity contribution in [2.24, 2.45) is 0 Å². The Morgan fingerprint density at radius 1 is 0.640 bits per heavy atom. The third-order valence-electron chi connectivity index (χ3n) is 5.78. The standard InChI is InChI=1S/C9H6Cl2IN3.C9H7Cl2N3O4S.C9H7Cl2N3O.Na.H/c10-8-2-1-7(3-9(8)11)15-5-6(4-12)13-14-15;10-8-2-1-7(3-9(8)11)14-4-6(12-13-14)5-18-19(15,16)17;10-8-2-1-7(3-9(8)11)14-4-6(5-15)12-13-14;;/h1-3,5H,4H2;1-4H,5H2,(H,15,16,17);1-4,15H,5H2;;/q;;;+1;-1. The largest absolute Gasteiger partial charge is 1.00 e. The fourth-order valence-corrected chi connectivity index (χ4v) is 4.99. The monoisotopic (exact) mass is 943 g/mol. The average molecular weight is 946 g/mol. The minimum absolute atomic E-state index is 0. The minimum atomic E-state index is -4.51. The summed E-state index contributed by atoms with van der Waals surface area (Å²) in [4.78, 5) is 0. The van der Waals surface area contributed by atoms with Crippen molar-refractivity contribution in [2.45, 2.75) is 17.6 Å². The van der Waals surface area contributed by atoms with E-state index in [1.807, 2.05) is 12.3 Å². The summed E-state index contributed by atoms with van der Waals surface area (Å²) in [7, 11) is -4.51. The number of hydrogen-bond acceptors (Lipinski definition) is 10. The summed E-state index contributed by atoms with van der Waals surface area (Å²) in [6.45, 7) is -0.554. The molecule has 50 heavy (non-hydrogen) atoms. The van der Waals surface area contributed by atoms with E-state index in [0.717, 1.165) is 21.5 Å².